The highest BCUT2D eigenvalue weighted by Gasteiger charge is 2.09. The average molecular weight is 390 g/mol. The van der Waals surface area contributed by atoms with E-state index in [0.717, 1.165) is 16.9 Å². The van der Waals surface area contributed by atoms with Gasteiger partial charge in [-0.25, -0.2) is 5.43 Å². The number of carbonyl (C=O) groups excluding carboxylic acids is 1. The molecule has 6 heteroatoms. The fourth-order valence-corrected chi connectivity index (χ4v) is 2.60. The van der Waals surface area contributed by atoms with Crippen molar-refractivity contribution in [3.05, 3.63) is 89.5 Å². The van der Waals surface area contributed by atoms with Gasteiger partial charge in [0.25, 0.3) is 5.91 Å². The van der Waals surface area contributed by atoms with Gasteiger partial charge in [-0.15, -0.1) is 0 Å². The van der Waals surface area contributed by atoms with Crippen LogP contribution in [-0.4, -0.2) is 26.3 Å². The number of hydrazone groups is 1. The predicted octanol–water partition coefficient (Wildman–Crippen LogP) is 4.05. The van der Waals surface area contributed by atoms with Crippen LogP contribution >= 0.6 is 0 Å². The molecule has 29 heavy (non-hydrogen) atoms. The summed E-state index contributed by atoms with van der Waals surface area (Å²) in [6, 6.07) is 22.3. The Hall–Kier alpha value is -3.80. The van der Waals surface area contributed by atoms with E-state index in [9.17, 15) is 4.79 Å². The van der Waals surface area contributed by atoms with Crippen molar-refractivity contribution in [2.24, 2.45) is 5.10 Å². The Balaban J connectivity index is 1.54. The molecule has 0 aliphatic heterocycles. The molecule has 0 saturated heterocycles. The molecule has 148 valence electrons. The molecule has 0 spiro atoms. The zero-order valence-electron chi connectivity index (χ0n) is 16.3. The van der Waals surface area contributed by atoms with Crippen molar-refractivity contribution in [1.29, 1.82) is 0 Å². The van der Waals surface area contributed by atoms with Crippen LogP contribution in [-0.2, 0) is 6.61 Å². The molecule has 0 bridgehead atoms. The van der Waals surface area contributed by atoms with Crippen LogP contribution < -0.4 is 19.6 Å². The van der Waals surface area contributed by atoms with E-state index in [1.54, 1.807) is 31.5 Å². The fourth-order valence-electron chi connectivity index (χ4n) is 2.60. The van der Waals surface area contributed by atoms with E-state index >= 15 is 0 Å². The van der Waals surface area contributed by atoms with Gasteiger partial charge in [0.05, 0.1) is 20.4 Å². The minimum Gasteiger partial charge on any atom is -0.493 e. The molecule has 0 atom stereocenters. The number of nitrogens with zero attached hydrogens (tertiary/aromatic N) is 1. The van der Waals surface area contributed by atoms with E-state index in [-0.39, 0.29) is 5.91 Å². The van der Waals surface area contributed by atoms with Crippen LogP contribution in [0.5, 0.6) is 17.2 Å². The van der Waals surface area contributed by atoms with Crippen LogP contribution in [0.3, 0.4) is 0 Å². The number of hydrogen-bond acceptors (Lipinski definition) is 5. The van der Waals surface area contributed by atoms with Gasteiger partial charge in [-0.3, -0.25) is 4.79 Å². The monoisotopic (exact) mass is 390 g/mol. The molecule has 3 aromatic carbocycles. The first-order valence-corrected chi connectivity index (χ1v) is 9.02. The molecule has 0 aliphatic carbocycles. The standard InChI is InChI=1S/C23H22N2O4/c1-27-21-13-10-19(14-22(21)28-2)23(26)25-24-15-17-8-11-20(12-9-17)29-16-18-6-4-3-5-7-18/h3-15H,16H2,1-2H3,(H,25,26). The zero-order valence-corrected chi connectivity index (χ0v) is 16.3. The van der Waals surface area contributed by atoms with Gasteiger partial charge in [-0.05, 0) is 53.6 Å². The van der Waals surface area contributed by atoms with Crippen molar-refractivity contribution in [2.45, 2.75) is 6.61 Å². The summed E-state index contributed by atoms with van der Waals surface area (Å²) in [7, 11) is 3.06. The lowest BCUT2D eigenvalue weighted by Crippen LogP contribution is -2.17. The summed E-state index contributed by atoms with van der Waals surface area (Å²) < 4.78 is 16.1. The summed E-state index contributed by atoms with van der Waals surface area (Å²) in [5, 5.41) is 4.00. The van der Waals surface area contributed by atoms with Crippen LogP contribution in [0, 0.1) is 0 Å². The summed E-state index contributed by atoms with van der Waals surface area (Å²) in [5.74, 6) is 1.46. The number of ether oxygens (including phenoxy) is 3. The van der Waals surface area contributed by atoms with Gasteiger partial charge in [-0.2, -0.15) is 5.10 Å². The molecule has 0 heterocycles. The Morgan fingerprint density at radius 1 is 0.931 bits per heavy atom. The lowest BCUT2D eigenvalue weighted by molar-refractivity contribution is 0.0954. The molecule has 0 aliphatic rings. The van der Waals surface area contributed by atoms with Crippen molar-refractivity contribution in [2.75, 3.05) is 14.2 Å². The number of nitrogens with one attached hydrogen (secondary N) is 1. The first-order chi connectivity index (χ1) is 14.2. The quantitative estimate of drug-likeness (QED) is 0.465. The summed E-state index contributed by atoms with van der Waals surface area (Å²) in [4.78, 5) is 12.2. The normalized spacial score (nSPS) is 10.6. The molecular weight excluding hydrogens is 368 g/mol. The SMILES string of the molecule is COc1ccc(C(=O)NN=Cc2ccc(OCc3ccccc3)cc2)cc1OC. The predicted molar refractivity (Wildman–Crippen MR) is 112 cm³/mol. The number of amides is 1. The minimum atomic E-state index is -0.343. The van der Waals surface area contributed by atoms with Gasteiger partial charge >= 0.3 is 0 Å². The van der Waals surface area contributed by atoms with Crippen molar-refractivity contribution >= 4 is 12.1 Å². The maximum atomic E-state index is 12.2. The number of benzene rings is 3. The summed E-state index contributed by atoms with van der Waals surface area (Å²) in [5.41, 5.74) is 4.87. The average Bonchev–Trinajstić information content (AvgIpc) is 2.78. The summed E-state index contributed by atoms with van der Waals surface area (Å²) >= 11 is 0. The van der Waals surface area contributed by atoms with Gasteiger partial charge in [0, 0.05) is 5.56 Å². The molecule has 6 nitrogen and oxygen atoms in total. The third-order valence-electron chi connectivity index (χ3n) is 4.15. The van der Waals surface area contributed by atoms with Crippen LogP contribution in [0.1, 0.15) is 21.5 Å². The topological polar surface area (TPSA) is 69.2 Å². The van der Waals surface area contributed by atoms with Crippen LogP contribution in [0.25, 0.3) is 0 Å². The Labute approximate surface area is 169 Å². The second-order valence-electron chi connectivity index (χ2n) is 6.11. The fraction of sp³-hybridized carbons (Fsp3) is 0.130. The molecule has 3 aromatic rings. The highest BCUT2D eigenvalue weighted by molar-refractivity contribution is 5.95. The molecule has 1 N–H and O–H groups in total. The van der Waals surface area contributed by atoms with Gasteiger partial charge < -0.3 is 14.2 Å². The van der Waals surface area contributed by atoms with E-state index in [0.29, 0.717) is 23.7 Å². The maximum Gasteiger partial charge on any atom is 0.271 e. The van der Waals surface area contributed by atoms with Crippen LogP contribution in [0.4, 0.5) is 0 Å². The molecule has 0 unspecified atom stereocenters. The molecule has 0 radical (unpaired) electrons. The lowest BCUT2D eigenvalue weighted by atomic mass is 10.2. The largest absolute Gasteiger partial charge is 0.493 e. The molecule has 0 aromatic heterocycles. The van der Waals surface area contributed by atoms with Gasteiger partial charge in [0.2, 0.25) is 0 Å². The molecule has 0 saturated carbocycles. The second-order valence-corrected chi connectivity index (χ2v) is 6.11. The highest BCUT2D eigenvalue weighted by Crippen LogP contribution is 2.27. The number of carbonyl (C=O) groups is 1. The maximum absolute atomic E-state index is 12.2. The van der Waals surface area contributed by atoms with E-state index in [1.807, 2.05) is 54.6 Å². The lowest BCUT2D eigenvalue weighted by Gasteiger charge is -2.08. The highest BCUT2D eigenvalue weighted by atomic mass is 16.5. The van der Waals surface area contributed by atoms with Crippen LogP contribution in [0.15, 0.2) is 77.9 Å². The van der Waals surface area contributed by atoms with Crippen molar-refractivity contribution in [1.82, 2.24) is 5.43 Å². The minimum absolute atomic E-state index is 0.343. The van der Waals surface area contributed by atoms with E-state index < -0.39 is 0 Å². The molecule has 0 fully saturated rings. The number of rotatable bonds is 8. The molecular formula is C23H22N2O4. The zero-order chi connectivity index (χ0) is 20.5. The van der Waals surface area contributed by atoms with Gasteiger partial charge in [-0.1, -0.05) is 30.3 Å². The Kier molecular flexibility index (Phi) is 6.84. The first-order valence-electron chi connectivity index (χ1n) is 9.02. The number of methoxy groups -OCH3 is 2. The Bertz CT molecular complexity index is 970. The number of hydrogen-bond donors (Lipinski definition) is 1. The van der Waals surface area contributed by atoms with E-state index in [4.69, 9.17) is 14.2 Å². The van der Waals surface area contributed by atoms with E-state index in [1.165, 1.54) is 7.11 Å². The van der Waals surface area contributed by atoms with Gasteiger partial charge in [0.15, 0.2) is 11.5 Å². The Morgan fingerprint density at radius 2 is 1.66 bits per heavy atom. The van der Waals surface area contributed by atoms with Gasteiger partial charge in [0.1, 0.15) is 12.4 Å². The molecule has 1 amide bonds. The van der Waals surface area contributed by atoms with E-state index in [2.05, 4.69) is 10.5 Å². The molecule has 3 rings (SSSR count). The second kappa shape index (κ2) is 9.94. The third-order valence-corrected chi connectivity index (χ3v) is 4.15. The first kappa shape index (κ1) is 19.9. The smallest absolute Gasteiger partial charge is 0.271 e. The summed E-state index contributed by atoms with van der Waals surface area (Å²) in [6.07, 6.45) is 1.57. The third kappa shape index (κ3) is 5.59. The van der Waals surface area contributed by atoms with Crippen molar-refractivity contribution < 1.29 is 19.0 Å². The van der Waals surface area contributed by atoms with Crippen molar-refractivity contribution in [3.63, 3.8) is 0 Å². The Morgan fingerprint density at radius 3 is 2.34 bits per heavy atom. The summed E-state index contributed by atoms with van der Waals surface area (Å²) in [6.45, 7) is 0.510. The van der Waals surface area contributed by atoms with Crippen molar-refractivity contribution in [3.8, 4) is 17.2 Å². The van der Waals surface area contributed by atoms with Crippen LogP contribution in [0.2, 0.25) is 0 Å².